The Kier molecular flexibility index (Phi) is 7.76. The molecule has 0 N–H and O–H groups in total. The van der Waals surface area contributed by atoms with Gasteiger partial charge < -0.3 is 0 Å². The maximum absolute atomic E-state index is 2.37. The highest BCUT2D eigenvalue weighted by atomic mass is 13.9. The predicted molar refractivity (Wildman–Crippen MR) is 43.4 cm³/mol. The third-order valence-electron chi connectivity index (χ3n) is 1.55. The smallest absolute Gasteiger partial charge is 0.0654 e. The van der Waals surface area contributed by atoms with Gasteiger partial charge in [0.05, 0.1) is 19.3 Å². The summed E-state index contributed by atoms with van der Waals surface area (Å²) in [6, 6.07) is 0. The molecule has 0 aliphatic carbocycles. The Bertz CT molecular complexity index is 33.3. The first-order chi connectivity index (χ1) is 4.41. The first kappa shape index (κ1) is 8.87. The molecule has 0 fully saturated rings. The Labute approximate surface area is 59.7 Å². The van der Waals surface area contributed by atoms with Crippen molar-refractivity contribution in [2.45, 2.75) is 52.4 Å². The van der Waals surface area contributed by atoms with Crippen molar-refractivity contribution in [1.29, 1.82) is 0 Å². The van der Waals surface area contributed by atoms with Gasteiger partial charge >= 0.3 is 0 Å². The number of hydrogen-bond acceptors (Lipinski definition) is 0. The normalized spacial score (nSPS) is 9.56. The second-order valence-electron chi connectivity index (χ2n) is 2.55. The minimum atomic E-state index is 1.24. The molecule has 0 radical (unpaired) electrons. The minimum Gasteiger partial charge on any atom is -0.0654 e. The standard InChI is InChI=1S/C9H19/c1-3-5-7-9-8-6-4-2/h5H,3-4,6-9H2,1-2H3/q+1. The van der Waals surface area contributed by atoms with E-state index in [-0.39, 0.29) is 0 Å². The van der Waals surface area contributed by atoms with Crippen LogP contribution in [-0.2, 0) is 0 Å². The summed E-state index contributed by atoms with van der Waals surface area (Å²) in [6.07, 6.45) is 10.5. The molecule has 0 aromatic carbocycles. The van der Waals surface area contributed by atoms with E-state index in [0.717, 1.165) is 0 Å². The summed E-state index contributed by atoms with van der Waals surface area (Å²) in [5, 5.41) is 0. The highest BCUT2D eigenvalue weighted by Gasteiger charge is 1.92. The van der Waals surface area contributed by atoms with Crippen LogP contribution in [-0.4, -0.2) is 0 Å². The van der Waals surface area contributed by atoms with Gasteiger partial charge in [-0.1, -0.05) is 19.8 Å². The van der Waals surface area contributed by atoms with Gasteiger partial charge in [-0.25, -0.2) is 0 Å². The maximum atomic E-state index is 2.37. The molecule has 0 heteroatoms. The fourth-order valence-corrected chi connectivity index (χ4v) is 0.920. The van der Waals surface area contributed by atoms with Gasteiger partial charge in [-0.3, -0.25) is 0 Å². The molecule has 9 heavy (non-hydrogen) atoms. The van der Waals surface area contributed by atoms with Gasteiger partial charge in [-0.05, 0) is 19.8 Å². The van der Waals surface area contributed by atoms with E-state index in [0.29, 0.717) is 0 Å². The zero-order valence-corrected chi connectivity index (χ0v) is 6.82. The number of hydrogen-bond donors (Lipinski definition) is 0. The molecule has 0 aliphatic heterocycles. The van der Waals surface area contributed by atoms with Crippen molar-refractivity contribution < 1.29 is 0 Å². The number of rotatable bonds is 6. The van der Waals surface area contributed by atoms with Gasteiger partial charge in [-0.2, -0.15) is 0 Å². The Morgan fingerprint density at radius 1 is 1.00 bits per heavy atom. The average Bonchev–Trinajstić information content (AvgIpc) is 1.89. The second-order valence-corrected chi connectivity index (χ2v) is 2.55. The van der Waals surface area contributed by atoms with Crippen LogP contribution in [0.4, 0.5) is 0 Å². The average molecular weight is 127 g/mol. The van der Waals surface area contributed by atoms with Crippen LogP contribution < -0.4 is 0 Å². The van der Waals surface area contributed by atoms with Crippen molar-refractivity contribution in [2.75, 3.05) is 0 Å². The lowest BCUT2D eigenvalue weighted by Crippen LogP contribution is -1.77. The minimum absolute atomic E-state index is 1.24. The van der Waals surface area contributed by atoms with Gasteiger partial charge in [0.25, 0.3) is 0 Å². The van der Waals surface area contributed by atoms with Gasteiger partial charge in [0.1, 0.15) is 0 Å². The second kappa shape index (κ2) is 7.87. The molecule has 0 aromatic heterocycles. The van der Waals surface area contributed by atoms with Crippen LogP contribution in [0.25, 0.3) is 0 Å². The fraction of sp³-hybridized carbons (Fsp3) is 0.889. The van der Waals surface area contributed by atoms with Crippen molar-refractivity contribution in [3.05, 3.63) is 6.42 Å². The first-order valence-corrected chi connectivity index (χ1v) is 4.23. The largest absolute Gasteiger partial charge is 0.0875 e. The molecule has 0 saturated heterocycles. The molecule has 0 spiro atoms. The van der Waals surface area contributed by atoms with Gasteiger partial charge in [0.15, 0.2) is 0 Å². The SMILES string of the molecule is CC[CH+]CCCCCC. The van der Waals surface area contributed by atoms with Crippen molar-refractivity contribution >= 4 is 0 Å². The first-order valence-electron chi connectivity index (χ1n) is 4.23. The third-order valence-corrected chi connectivity index (χ3v) is 1.55. The Morgan fingerprint density at radius 3 is 2.33 bits per heavy atom. The van der Waals surface area contributed by atoms with Crippen LogP contribution in [0.1, 0.15) is 52.4 Å². The van der Waals surface area contributed by atoms with E-state index in [2.05, 4.69) is 20.3 Å². The van der Waals surface area contributed by atoms with E-state index in [1.165, 1.54) is 38.5 Å². The summed E-state index contributed by atoms with van der Waals surface area (Å²) in [5.41, 5.74) is 0. The molecule has 0 bridgehead atoms. The topological polar surface area (TPSA) is 0 Å². The zero-order chi connectivity index (χ0) is 6.95. The molecule has 0 aliphatic rings. The predicted octanol–water partition coefficient (Wildman–Crippen LogP) is 3.57. The highest BCUT2D eigenvalue weighted by Crippen LogP contribution is 2.04. The quantitative estimate of drug-likeness (QED) is 0.378. The van der Waals surface area contributed by atoms with E-state index in [4.69, 9.17) is 0 Å². The summed E-state index contributed by atoms with van der Waals surface area (Å²) in [5.74, 6) is 0. The molecule has 0 atom stereocenters. The monoisotopic (exact) mass is 127 g/mol. The molecule has 54 valence electrons. The van der Waals surface area contributed by atoms with E-state index < -0.39 is 0 Å². The molecule has 0 heterocycles. The van der Waals surface area contributed by atoms with Crippen molar-refractivity contribution in [2.24, 2.45) is 0 Å². The van der Waals surface area contributed by atoms with E-state index in [1.807, 2.05) is 0 Å². The van der Waals surface area contributed by atoms with Crippen molar-refractivity contribution in [3.63, 3.8) is 0 Å². The lowest BCUT2D eigenvalue weighted by atomic mass is 10.1. The molecular weight excluding hydrogens is 108 g/mol. The van der Waals surface area contributed by atoms with Gasteiger partial charge in [0, 0.05) is 0 Å². The summed E-state index contributed by atoms with van der Waals surface area (Å²) >= 11 is 0. The lowest BCUT2D eigenvalue weighted by molar-refractivity contribution is 0.655. The fourth-order valence-electron chi connectivity index (χ4n) is 0.920. The Hall–Kier alpha value is -0.130. The van der Waals surface area contributed by atoms with Crippen LogP contribution in [0.2, 0.25) is 0 Å². The van der Waals surface area contributed by atoms with Crippen molar-refractivity contribution in [1.82, 2.24) is 0 Å². The maximum Gasteiger partial charge on any atom is 0.0875 e. The molecule has 0 rings (SSSR count). The van der Waals surface area contributed by atoms with E-state index in [1.54, 1.807) is 0 Å². The number of unbranched alkanes of at least 4 members (excludes halogenated alkanes) is 6. The molecular formula is C9H19+. The van der Waals surface area contributed by atoms with Gasteiger partial charge in [0.2, 0.25) is 0 Å². The molecule has 0 amide bonds. The van der Waals surface area contributed by atoms with E-state index >= 15 is 0 Å². The Morgan fingerprint density at radius 2 is 1.78 bits per heavy atom. The summed E-state index contributed by atoms with van der Waals surface area (Å²) in [6.45, 7) is 4.46. The third kappa shape index (κ3) is 7.87. The molecule has 0 saturated carbocycles. The molecule has 0 nitrogen and oxygen atoms in total. The molecule has 0 aromatic rings. The van der Waals surface area contributed by atoms with E-state index in [9.17, 15) is 0 Å². The molecule has 0 unspecified atom stereocenters. The highest BCUT2D eigenvalue weighted by molar-refractivity contribution is 4.60. The summed E-state index contributed by atoms with van der Waals surface area (Å²) in [7, 11) is 0. The van der Waals surface area contributed by atoms with Crippen molar-refractivity contribution in [3.8, 4) is 0 Å². The summed E-state index contributed by atoms with van der Waals surface area (Å²) < 4.78 is 0. The van der Waals surface area contributed by atoms with Crippen LogP contribution >= 0.6 is 0 Å². The Balaban J connectivity index is 2.60. The van der Waals surface area contributed by atoms with Crippen LogP contribution in [0, 0.1) is 6.42 Å². The van der Waals surface area contributed by atoms with Crippen LogP contribution in [0.5, 0.6) is 0 Å². The van der Waals surface area contributed by atoms with Crippen LogP contribution in [0.15, 0.2) is 0 Å². The zero-order valence-electron chi connectivity index (χ0n) is 6.82. The summed E-state index contributed by atoms with van der Waals surface area (Å²) in [4.78, 5) is 0. The van der Waals surface area contributed by atoms with Gasteiger partial charge in [-0.15, -0.1) is 0 Å². The van der Waals surface area contributed by atoms with Crippen LogP contribution in [0.3, 0.4) is 0 Å². The lowest BCUT2D eigenvalue weighted by Gasteiger charge is -1.90.